The summed E-state index contributed by atoms with van der Waals surface area (Å²) >= 11 is 0. The van der Waals surface area contributed by atoms with Gasteiger partial charge >= 0.3 is 6.03 Å². The Bertz CT molecular complexity index is 539. The van der Waals surface area contributed by atoms with Crippen LogP contribution in [-0.2, 0) is 9.63 Å². The van der Waals surface area contributed by atoms with E-state index in [9.17, 15) is 9.59 Å². The first kappa shape index (κ1) is 16.3. The van der Waals surface area contributed by atoms with E-state index in [4.69, 9.17) is 4.84 Å². The van der Waals surface area contributed by atoms with Crippen molar-refractivity contribution in [1.82, 2.24) is 9.96 Å². The number of carbonyl (C=O) groups excluding carboxylic acids is 2. The molecule has 1 aromatic rings. The van der Waals surface area contributed by atoms with E-state index in [0.717, 1.165) is 11.3 Å². The Morgan fingerprint density at radius 1 is 1.32 bits per heavy atom. The Kier molecular flexibility index (Phi) is 5.38. The molecule has 6 nitrogen and oxygen atoms in total. The van der Waals surface area contributed by atoms with Crippen molar-refractivity contribution in [3.8, 4) is 0 Å². The fourth-order valence-electron chi connectivity index (χ4n) is 2.60. The molecule has 0 saturated carbocycles. The van der Waals surface area contributed by atoms with Gasteiger partial charge in [-0.1, -0.05) is 12.1 Å². The summed E-state index contributed by atoms with van der Waals surface area (Å²) in [5, 5.41) is 4.15. The highest BCUT2D eigenvalue weighted by atomic mass is 16.7. The Morgan fingerprint density at radius 2 is 2.00 bits per heavy atom. The summed E-state index contributed by atoms with van der Waals surface area (Å²) < 4.78 is 0. The number of urea groups is 1. The van der Waals surface area contributed by atoms with Crippen LogP contribution in [0.25, 0.3) is 0 Å². The van der Waals surface area contributed by atoms with E-state index in [0.29, 0.717) is 25.9 Å². The van der Waals surface area contributed by atoms with Gasteiger partial charge in [0.1, 0.15) is 0 Å². The first-order chi connectivity index (χ1) is 10.5. The van der Waals surface area contributed by atoms with Crippen molar-refractivity contribution >= 4 is 17.6 Å². The van der Waals surface area contributed by atoms with Crippen LogP contribution < -0.4 is 5.32 Å². The van der Waals surface area contributed by atoms with E-state index in [1.54, 1.807) is 11.9 Å². The average Bonchev–Trinajstić information content (AvgIpc) is 2.53. The number of hydrogen-bond donors (Lipinski definition) is 1. The fourth-order valence-corrected chi connectivity index (χ4v) is 2.60. The van der Waals surface area contributed by atoms with Gasteiger partial charge in [-0.3, -0.25) is 9.63 Å². The molecule has 1 N–H and O–H groups in total. The molecule has 1 fully saturated rings. The van der Waals surface area contributed by atoms with Gasteiger partial charge in [0.05, 0.1) is 7.11 Å². The van der Waals surface area contributed by atoms with Crippen LogP contribution in [0.2, 0.25) is 0 Å². The molecule has 0 unspecified atom stereocenters. The molecule has 22 heavy (non-hydrogen) atoms. The summed E-state index contributed by atoms with van der Waals surface area (Å²) in [6, 6.07) is 7.59. The van der Waals surface area contributed by atoms with Crippen molar-refractivity contribution in [1.29, 1.82) is 0 Å². The number of likely N-dealkylation sites (tertiary alicyclic amines) is 1. The monoisotopic (exact) mass is 305 g/mol. The summed E-state index contributed by atoms with van der Waals surface area (Å²) in [7, 11) is 3.08. The first-order valence-corrected chi connectivity index (χ1v) is 7.45. The van der Waals surface area contributed by atoms with Gasteiger partial charge in [-0.25, -0.2) is 9.86 Å². The van der Waals surface area contributed by atoms with Crippen LogP contribution in [-0.4, -0.2) is 49.1 Å². The third kappa shape index (κ3) is 3.98. The van der Waals surface area contributed by atoms with Crippen molar-refractivity contribution in [3.05, 3.63) is 29.8 Å². The van der Waals surface area contributed by atoms with Gasteiger partial charge in [0.2, 0.25) is 5.91 Å². The minimum atomic E-state index is -0.114. The number of aryl methyl sites for hydroxylation is 1. The summed E-state index contributed by atoms with van der Waals surface area (Å²) in [5.41, 5.74) is 1.90. The van der Waals surface area contributed by atoms with Gasteiger partial charge in [-0.15, -0.1) is 0 Å². The lowest BCUT2D eigenvalue weighted by molar-refractivity contribution is -0.174. The number of carbonyl (C=O) groups is 2. The highest BCUT2D eigenvalue weighted by Gasteiger charge is 2.29. The van der Waals surface area contributed by atoms with Crippen molar-refractivity contribution in [3.63, 3.8) is 0 Å². The lowest BCUT2D eigenvalue weighted by Gasteiger charge is -2.32. The summed E-state index contributed by atoms with van der Waals surface area (Å²) in [5.74, 6) is -0.103. The van der Waals surface area contributed by atoms with Gasteiger partial charge in [-0.2, -0.15) is 0 Å². The van der Waals surface area contributed by atoms with E-state index < -0.39 is 0 Å². The Hall–Kier alpha value is -2.08. The first-order valence-electron chi connectivity index (χ1n) is 7.45. The lowest BCUT2D eigenvalue weighted by Crippen LogP contribution is -2.44. The van der Waals surface area contributed by atoms with E-state index in [1.165, 1.54) is 12.2 Å². The normalized spacial score (nSPS) is 15.5. The third-order valence-electron chi connectivity index (χ3n) is 3.98. The van der Waals surface area contributed by atoms with Crippen molar-refractivity contribution in [2.45, 2.75) is 19.8 Å². The highest BCUT2D eigenvalue weighted by Crippen LogP contribution is 2.20. The number of benzene rings is 1. The number of rotatable bonds is 3. The third-order valence-corrected chi connectivity index (χ3v) is 3.98. The largest absolute Gasteiger partial charge is 0.324 e. The summed E-state index contributed by atoms with van der Waals surface area (Å²) in [6.07, 6.45) is 1.32. The highest BCUT2D eigenvalue weighted by molar-refractivity contribution is 5.89. The Labute approximate surface area is 131 Å². The molecule has 0 atom stereocenters. The molecular weight excluding hydrogens is 282 g/mol. The molecule has 1 aliphatic rings. The van der Waals surface area contributed by atoms with E-state index in [1.807, 2.05) is 31.2 Å². The maximum atomic E-state index is 12.2. The van der Waals surface area contributed by atoms with Gasteiger partial charge in [0, 0.05) is 31.7 Å². The summed E-state index contributed by atoms with van der Waals surface area (Å²) in [6.45, 7) is 3.14. The molecule has 120 valence electrons. The molecule has 0 bridgehead atoms. The van der Waals surface area contributed by atoms with E-state index in [-0.39, 0.29) is 17.9 Å². The maximum Gasteiger partial charge on any atom is 0.321 e. The fraction of sp³-hybridized carbons (Fsp3) is 0.500. The van der Waals surface area contributed by atoms with Crippen LogP contribution >= 0.6 is 0 Å². The molecule has 0 spiro atoms. The smallest absolute Gasteiger partial charge is 0.321 e. The molecule has 1 aliphatic heterocycles. The number of nitrogens with zero attached hydrogens (tertiary/aromatic N) is 2. The Morgan fingerprint density at radius 3 is 2.59 bits per heavy atom. The second-order valence-electron chi connectivity index (χ2n) is 5.58. The molecule has 0 aromatic heterocycles. The zero-order valence-corrected chi connectivity index (χ0v) is 13.3. The van der Waals surface area contributed by atoms with Crippen molar-refractivity contribution in [2.75, 3.05) is 32.6 Å². The van der Waals surface area contributed by atoms with E-state index in [2.05, 4.69) is 5.32 Å². The van der Waals surface area contributed by atoms with Crippen molar-refractivity contribution in [2.24, 2.45) is 5.92 Å². The van der Waals surface area contributed by atoms with E-state index >= 15 is 0 Å². The number of anilines is 1. The Balaban J connectivity index is 1.86. The van der Waals surface area contributed by atoms with Crippen molar-refractivity contribution < 1.29 is 14.4 Å². The number of hydroxylamine groups is 2. The van der Waals surface area contributed by atoms with Crippen LogP contribution in [0, 0.1) is 12.8 Å². The standard InChI is InChI=1S/C16H23N3O3/c1-12-5-4-6-14(11-12)17-16(21)19-9-7-13(8-10-19)15(20)18(2)22-3/h4-6,11,13H,7-10H2,1-3H3,(H,17,21). The molecule has 1 aromatic carbocycles. The minimum absolute atomic E-state index is 0.0266. The molecular formula is C16H23N3O3. The molecule has 2 rings (SSSR count). The molecule has 1 heterocycles. The van der Waals surface area contributed by atoms with Gasteiger partial charge in [0.15, 0.2) is 0 Å². The van der Waals surface area contributed by atoms with Crippen LogP contribution in [0.5, 0.6) is 0 Å². The topological polar surface area (TPSA) is 61.9 Å². The molecule has 3 amide bonds. The number of piperidine rings is 1. The van der Waals surface area contributed by atoms with Gasteiger partial charge < -0.3 is 10.2 Å². The average molecular weight is 305 g/mol. The number of hydrogen-bond acceptors (Lipinski definition) is 3. The number of amides is 3. The zero-order chi connectivity index (χ0) is 16.1. The molecule has 0 radical (unpaired) electrons. The predicted molar refractivity (Wildman–Crippen MR) is 84.3 cm³/mol. The molecule has 6 heteroatoms. The van der Waals surface area contributed by atoms with Crippen LogP contribution in [0.1, 0.15) is 18.4 Å². The zero-order valence-electron chi connectivity index (χ0n) is 13.3. The molecule has 0 aliphatic carbocycles. The predicted octanol–water partition coefficient (Wildman–Crippen LogP) is 2.26. The SMILES string of the molecule is CON(C)C(=O)C1CCN(C(=O)Nc2cccc(C)c2)CC1. The second kappa shape index (κ2) is 7.26. The van der Waals surface area contributed by atoms with Gasteiger partial charge in [-0.05, 0) is 37.5 Å². The second-order valence-corrected chi connectivity index (χ2v) is 5.58. The summed E-state index contributed by atoms with van der Waals surface area (Å²) in [4.78, 5) is 30.9. The van der Waals surface area contributed by atoms with Gasteiger partial charge in [0.25, 0.3) is 0 Å². The maximum absolute atomic E-state index is 12.2. The van der Waals surface area contributed by atoms with Crippen LogP contribution in [0.4, 0.5) is 10.5 Å². The number of nitrogens with one attached hydrogen (secondary N) is 1. The minimum Gasteiger partial charge on any atom is -0.324 e. The lowest BCUT2D eigenvalue weighted by atomic mass is 9.96. The van der Waals surface area contributed by atoms with Crippen LogP contribution in [0.15, 0.2) is 24.3 Å². The quantitative estimate of drug-likeness (QED) is 0.871. The van der Waals surface area contributed by atoms with Crippen LogP contribution in [0.3, 0.4) is 0 Å². The molecule has 1 saturated heterocycles.